The largest absolute Gasteiger partial charge is 0.355 e. The van der Waals surface area contributed by atoms with Gasteiger partial charge in [0.05, 0.1) is 10.9 Å². The minimum Gasteiger partial charge on any atom is -0.355 e. The molecule has 1 aliphatic heterocycles. The first-order chi connectivity index (χ1) is 10.2. The molecule has 21 heavy (non-hydrogen) atoms. The summed E-state index contributed by atoms with van der Waals surface area (Å²) in [5.74, 6) is 0.766. The van der Waals surface area contributed by atoms with E-state index < -0.39 is 0 Å². The number of nitrogens with zero attached hydrogens (tertiary/aromatic N) is 2. The first-order valence-corrected chi connectivity index (χ1v) is 8.33. The van der Waals surface area contributed by atoms with Crippen molar-refractivity contribution in [2.45, 2.75) is 30.3 Å². The van der Waals surface area contributed by atoms with Crippen LogP contribution in [-0.4, -0.2) is 46.6 Å². The number of aromatic nitrogens is 1. The smallest absolute Gasteiger partial charge is 0.225 e. The molecule has 2 fully saturated rings. The topological polar surface area (TPSA) is 62.3 Å². The molecular formula is C15H19N3O2S. The molecule has 2 amide bonds. The van der Waals surface area contributed by atoms with Gasteiger partial charge < -0.3 is 10.2 Å². The van der Waals surface area contributed by atoms with Crippen LogP contribution in [0.1, 0.15) is 19.3 Å². The zero-order chi connectivity index (χ0) is 14.7. The number of thioether (sulfide) groups is 1. The number of hydrogen-bond donors (Lipinski definition) is 1. The van der Waals surface area contributed by atoms with E-state index in [0.29, 0.717) is 25.6 Å². The molecule has 0 aromatic carbocycles. The van der Waals surface area contributed by atoms with E-state index in [9.17, 15) is 9.59 Å². The molecule has 1 saturated carbocycles. The highest BCUT2D eigenvalue weighted by Crippen LogP contribution is 2.32. The lowest BCUT2D eigenvalue weighted by molar-refractivity contribution is -0.129. The molecule has 2 heterocycles. The number of likely N-dealkylation sites (tertiary alicyclic amines) is 1. The second-order valence-electron chi connectivity index (χ2n) is 5.49. The SMILES string of the molecule is O=C(NCCSc1ccccn1)[C@H]1CC(=O)N(C2CC2)C1. The van der Waals surface area contributed by atoms with Crippen LogP contribution in [0, 0.1) is 5.92 Å². The van der Waals surface area contributed by atoms with Crippen molar-refractivity contribution >= 4 is 23.6 Å². The van der Waals surface area contributed by atoms with Crippen LogP contribution >= 0.6 is 11.8 Å². The zero-order valence-corrected chi connectivity index (χ0v) is 12.6. The van der Waals surface area contributed by atoms with Gasteiger partial charge in [-0.15, -0.1) is 11.8 Å². The van der Waals surface area contributed by atoms with Crippen molar-refractivity contribution in [3.05, 3.63) is 24.4 Å². The van der Waals surface area contributed by atoms with Gasteiger partial charge >= 0.3 is 0 Å². The van der Waals surface area contributed by atoms with Gasteiger partial charge in [-0.1, -0.05) is 6.07 Å². The Hall–Kier alpha value is -1.56. The van der Waals surface area contributed by atoms with Gasteiger partial charge in [0, 0.05) is 37.5 Å². The summed E-state index contributed by atoms with van der Waals surface area (Å²) < 4.78 is 0. The monoisotopic (exact) mass is 305 g/mol. The Labute approximate surface area is 128 Å². The fourth-order valence-corrected chi connectivity index (χ4v) is 3.28. The third kappa shape index (κ3) is 3.75. The molecule has 1 N–H and O–H groups in total. The van der Waals surface area contributed by atoms with Gasteiger partial charge in [0.1, 0.15) is 0 Å². The van der Waals surface area contributed by atoms with Crippen LogP contribution in [-0.2, 0) is 9.59 Å². The average molecular weight is 305 g/mol. The van der Waals surface area contributed by atoms with Gasteiger partial charge in [-0.3, -0.25) is 9.59 Å². The van der Waals surface area contributed by atoms with Gasteiger partial charge in [-0.25, -0.2) is 4.98 Å². The highest BCUT2D eigenvalue weighted by Gasteiger charge is 2.41. The van der Waals surface area contributed by atoms with E-state index in [0.717, 1.165) is 23.6 Å². The standard InChI is InChI=1S/C15H19N3O2S/c19-14-9-11(10-18(14)12-4-5-12)15(20)17-7-8-21-13-3-1-2-6-16-13/h1-3,6,11-12H,4-5,7-10H2,(H,17,20)/t11-/m0/s1. The number of pyridine rings is 1. The molecule has 6 heteroatoms. The predicted octanol–water partition coefficient (Wildman–Crippen LogP) is 1.30. The summed E-state index contributed by atoms with van der Waals surface area (Å²) in [6, 6.07) is 6.20. The highest BCUT2D eigenvalue weighted by molar-refractivity contribution is 7.99. The van der Waals surface area contributed by atoms with Crippen molar-refractivity contribution in [3.8, 4) is 0 Å². The first-order valence-electron chi connectivity index (χ1n) is 7.35. The molecule has 3 rings (SSSR count). The lowest BCUT2D eigenvalue weighted by Crippen LogP contribution is -2.34. The van der Waals surface area contributed by atoms with E-state index >= 15 is 0 Å². The van der Waals surface area contributed by atoms with Crippen molar-refractivity contribution in [3.63, 3.8) is 0 Å². The summed E-state index contributed by atoms with van der Waals surface area (Å²) in [6.45, 7) is 1.21. The fourth-order valence-electron chi connectivity index (χ4n) is 2.55. The number of carbonyl (C=O) groups excluding carboxylic acids is 2. The van der Waals surface area contributed by atoms with E-state index in [1.54, 1.807) is 18.0 Å². The van der Waals surface area contributed by atoms with Gasteiger partial charge in [0.2, 0.25) is 11.8 Å². The number of carbonyl (C=O) groups is 2. The van der Waals surface area contributed by atoms with Crippen molar-refractivity contribution in [1.82, 2.24) is 15.2 Å². The quantitative estimate of drug-likeness (QED) is 0.636. The van der Waals surface area contributed by atoms with E-state index in [4.69, 9.17) is 0 Å². The summed E-state index contributed by atoms with van der Waals surface area (Å²) in [5.41, 5.74) is 0. The third-order valence-corrected chi connectivity index (χ3v) is 4.75. The molecule has 0 radical (unpaired) electrons. The maximum atomic E-state index is 12.1. The minimum absolute atomic E-state index is 0.00752. The van der Waals surface area contributed by atoms with E-state index in [-0.39, 0.29) is 17.7 Å². The number of hydrogen-bond acceptors (Lipinski definition) is 4. The van der Waals surface area contributed by atoms with Gasteiger partial charge in [-0.05, 0) is 25.0 Å². The Balaban J connectivity index is 1.37. The first kappa shape index (κ1) is 14.4. The molecule has 112 valence electrons. The third-order valence-electron chi connectivity index (χ3n) is 3.81. The summed E-state index contributed by atoms with van der Waals surface area (Å²) >= 11 is 1.62. The second kappa shape index (κ2) is 6.47. The van der Waals surface area contributed by atoms with Crippen molar-refractivity contribution in [2.24, 2.45) is 5.92 Å². The molecule has 2 aliphatic rings. The minimum atomic E-state index is -0.169. The van der Waals surface area contributed by atoms with E-state index in [1.165, 1.54) is 0 Å². The van der Waals surface area contributed by atoms with Crippen LogP contribution < -0.4 is 5.32 Å². The Bertz CT molecular complexity index is 519. The Morgan fingerprint density at radius 3 is 3.00 bits per heavy atom. The van der Waals surface area contributed by atoms with Crippen LogP contribution in [0.4, 0.5) is 0 Å². The van der Waals surface area contributed by atoms with Crippen molar-refractivity contribution in [2.75, 3.05) is 18.8 Å². The predicted molar refractivity (Wildman–Crippen MR) is 80.8 cm³/mol. The van der Waals surface area contributed by atoms with Crippen LogP contribution in [0.5, 0.6) is 0 Å². The van der Waals surface area contributed by atoms with Gasteiger partial charge in [0.15, 0.2) is 0 Å². The molecule has 1 aromatic heterocycles. The summed E-state index contributed by atoms with van der Waals surface area (Å²) in [6.07, 6.45) is 4.33. The summed E-state index contributed by atoms with van der Waals surface area (Å²) in [7, 11) is 0. The highest BCUT2D eigenvalue weighted by atomic mass is 32.2. The van der Waals surface area contributed by atoms with Crippen molar-refractivity contribution < 1.29 is 9.59 Å². The lowest BCUT2D eigenvalue weighted by Gasteiger charge is -2.15. The Kier molecular flexibility index (Phi) is 4.43. The molecule has 1 atom stereocenters. The van der Waals surface area contributed by atoms with Crippen LogP contribution in [0.2, 0.25) is 0 Å². The molecule has 5 nitrogen and oxygen atoms in total. The number of nitrogens with one attached hydrogen (secondary N) is 1. The van der Waals surface area contributed by atoms with E-state index in [1.807, 2.05) is 23.1 Å². The molecule has 1 saturated heterocycles. The molecule has 1 aliphatic carbocycles. The Morgan fingerprint density at radius 1 is 1.43 bits per heavy atom. The van der Waals surface area contributed by atoms with Crippen molar-refractivity contribution in [1.29, 1.82) is 0 Å². The second-order valence-corrected chi connectivity index (χ2v) is 6.60. The molecule has 0 bridgehead atoms. The molecule has 1 aromatic rings. The molecular weight excluding hydrogens is 286 g/mol. The summed E-state index contributed by atoms with van der Waals surface area (Å²) in [5, 5.41) is 3.89. The van der Waals surface area contributed by atoms with Gasteiger partial charge in [-0.2, -0.15) is 0 Å². The van der Waals surface area contributed by atoms with Crippen LogP contribution in [0.3, 0.4) is 0 Å². The molecule has 0 unspecified atom stereocenters. The van der Waals surface area contributed by atoms with Crippen LogP contribution in [0.15, 0.2) is 29.4 Å². The fraction of sp³-hybridized carbons (Fsp3) is 0.533. The summed E-state index contributed by atoms with van der Waals surface area (Å²) in [4.78, 5) is 30.0. The molecule has 0 spiro atoms. The maximum absolute atomic E-state index is 12.1. The Morgan fingerprint density at radius 2 is 2.29 bits per heavy atom. The maximum Gasteiger partial charge on any atom is 0.225 e. The van der Waals surface area contributed by atoms with Gasteiger partial charge in [0.25, 0.3) is 0 Å². The zero-order valence-electron chi connectivity index (χ0n) is 11.8. The van der Waals surface area contributed by atoms with E-state index in [2.05, 4.69) is 10.3 Å². The normalized spacial score (nSPS) is 21.6. The number of rotatable bonds is 6. The van der Waals surface area contributed by atoms with Crippen LogP contribution in [0.25, 0.3) is 0 Å². The average Bonchev–Trinajstić information content (AvgIpc) is 3.27. The lowest BCUT2D eigenvalue weighted by atomic mass is 10.1. The number of amides is 2.